The van der Waals surface area contributed by atoms with Crippen LogP contribution in [-0.2, 0) is 16.6 Å². The van der Waals surface area contributed by atoms with E-state index in [2.05, 4.69) is 10.1 Å². The molecule has 1 atom stereocenters. The number of carbonyl (C=O) groups is 1. The normalized spacial score (nSPS) is 19.4. The highest BCUT2D eigenvalue weighted by Crippen LogP contribution is 2.50. The summed E-state index contributed by atoms with van der Waals surface area (Å²) in [6.07, 6.45) is -4.12. The number of alkyl halides is 3. The van der Waals surface area contributed by atoms with Gasteiger partial charge in [-0.3, -0.25) is 4.79 Å². The average Bonchev–Trinajstić information content (AvgIpc) is 3.29. The monoisotopic (exact) mass is 427 g/mol. The molecule has 0 saturated heterocycles. The van der Waals surface area contributed by atoms with Crippen LogP contribution in [0, 0.1) is 0 Å². The van der Waals surface area contributed by atoms with Crippen LogP contribution in [0.3, 0.4) is 0 Å². The fraction of sp³-hybridized carbons (Fsp3) is 0.174. The maximum absolute atomic E-state index is 13.5. The number of anilines is 1. The third-order valence-electron chi connectivity index (χ3n) is 5.65. The van der Waals surface area contributed by atoms with E-state index in [4.69, 9.17) is 4.74 Å². The van der Waals surface area contributed by atoms with Crippen molar-refractivity contribution in [3.63, 3.8) is 0 Å². The van der Waals surface area contributed by atoms with Gasteiger partial charge in [0.05, 0.1) is 6.61 Å². The molecule has 3 aromatic carbocycles. The highest BCUT2D eigenvalue weighted by atomic mass is 19.4. The second-order valence-corrected chi connectivity index (χ2v) is 7.43. The van der Waals surface area contributed by atoms with Gasteiger partial charge in [-0.05, 0) is 53.1 Å². The van der Waals surface area contributed by atoms with E-state index in [1.807, 2.05) is 6.07 Å². The quantitative estimate of drug-likeness (QED) is 0.646. The average molecular weight is 427 g/mol. The first-order valence-corrected chi connectivity index (χ1v) is 9.55. The molecule has 3 aromatic rings. The zero-order chi connectivity index (χ0) is 21.8. The Labute approximate surface area is 175 Å². The fourth-order valence-electron chi connectivity index (χ4n) is 4.33. The van der Waals surface area contributed by atoms with Gasteiger partial charge in [-0.1, -0.05) is 24.3 Å². The van der Waals surface area contributed by atoms with Crippen LogP contribution in [0.5, 0.6) is 17.2 Å². The number of halogens is 3. The molecule has 0 fully saturated rings. The summed E-state index contributed by atoms with van der Waals surface area (Å²) in [5.41, 5.74) is 1.28. The number of nitrogens with one attached hydrogen (secondary N) is 1. The molecule has 0 aliphatic carbocycles. The summed E-state index contributed by atoms with van der Waals surface area (Å²) in [6, 6.07) is 15.2. The number of ether oxygens (including phenoxy) is 2. The van der Waals surface area contributed by atoms with Crippen molar-refractivity contribution in [2.45, 2.75) is 18.2 Å². The molecule has 0 aromatic heterocycles. The Morgan fingerprint density at radius 2 is 1.74 bits per heavy atom. The molecule has 2 heterocycles. The van der Waals surface area contributed by atoms with Gasteiger partial charge in [0, 0.05) is 17.7 Å². The summed E-state index contributed by atoms with van der Waals surface area (Å²) >= 11 is 0. The van der Waals surface area contributed by atoms with Crippen LogP contribution in [0.1, 0.15) is 22.3 Å². The van der Waals surface area contributed by atoms with Crippen LogP contribution in [0.25, 0.3) is 0 Å². The lowest BCUT2D eigenvalue weighted by Gasteiger charge is -2.29. The summed E-state index contributed by atoms with van der Waals surface area (Å²) in [7, 11) is 0. The van der Waals surface area contributed by atoms with Crippen LogP contribution < -0.4 is 14.8 Å². The number of phenolic OH excluding ortho intramolecular Hbond substituents is 1. The Bertz CT molecular complexity index is 1190. The van der Waals surface area contributed by atoms with Gasteiger partial charge >= 0.3 is 6.36 Å². The van der Waals surface area contributed by atoms with Crippen molar-refractivity contribution < 1.29 is 32.5 Å². The standard InChI is InChI=1S/C23H16F3NO4/c24-23(25,26)31-17-7-8-19-18(12-17)22(21(29)27-19,14-3-5-16(28)6-4-14)15-2-1-13-9-10-30-20(13)11-15/h1-8,11-12,28H,9-10H2,(H,27,29). The molecule has 31 heavy (non-hydrogen) atoms. The predicted molar refractivity (Wildman–Crippen MR) is 105 cm³/mol. The first-order chi connectivity index (χ1) is 14.8. The number of phenols is 1. The summed E-state index contributed by atoms with van der Waals surface area (Å²) in [4.78, 5) is 13.5. The Hall–Kier alpha value is -3.68. The molecule has 5 nitrogen and oxygen atoms in total. The largest absolute Gasteiger partial charge is 0.573 e. The van der Waals surface area contributed by atoms with Crippen molar-refractivity contribution in [1.29, 1.82) is 0 Å². The van der Waals surface area contributed by atoms with Crippen LogP contribution in [0.2, 0.25) is 0 Å². The van der Waals surface area contributed by atoms with Gasteiger partial charge in [0.25, 0.3) is 0 Å². The number of aromatic hydroxyl groups is 1. The van der Waals surface area contributed by atoms with Crippen LogP contribution in [0.4, 0.5) is 18.9 Å². The van der Waals surface area contributed by atoms with Crippen molar-refractivity contribution in [3.8, 4) is 17.2 Å². The predicted octanol–water partition coefficient (Wildman–Crippen LogP) is 4.51. The molecular formula is C23H16F3NO4. The minimum atomic E-state index is -4.87. The third kappa shape index (κ3) is 3.06. The summed E-state index contributed by atoms with van der Waals surface area (Å²) < 4.78 is 48.3. The number of rotatable bonds is 3. The molecule has 0 radical (unpaired) electrons. The molecule has 0 spiro atoms. The molecule has 0 saturated carbocycles. The zero-order valence-corrected chi connectivity index (χ0v) is 16.0. The van der Waals surface area contributed by atoms with Gasteiger partial charge in [-0.2, -0.15) is 0 Å². The van der Waals surface area contributed by atoms with Crippen molar-refractivity contribution in [2.24, 2.45) is 0 Å². The highest BCUT2D eigenvalue weighted by molar-refractivity contribution is 6.11. The second-order valence-electron chi connectivity index (χ2n) is 7.43. The van der Waals surface area contributed by atoms with E-state index < -0.39 is 23.4 Å². The Kier molecular flexibility index (Phi) is 4.15. The Morgan fingerprint density at radius 3 is 2.48 bits per heavy atom. The van der Waals surface area contributed by atoms with Gasteiger partial charge in [-0.25, -0.2) is 0 Å². The van der Waals surface area contributed by atoms with Crippen molar-refractivity contribution in [2.75, 3.05) is 11.9 Å². The summed E-state index contributed by atoms with van der Waals surface area (Å²) in [6.45, 7) is 0.525. The minimum absolute atomic E-state index is 0.00368. The number of amides is 1. The van der Waals surface area contributed by atoms with E-state index in [-0.39, 0.29) is 5.75 Å². The molecule has 158 valence electrons. The van der Waals surface area contributed by atoms with Gasteiger partial charge in [0.2, 0.25) is 5.91 Å². The van der Waals surface area contributed by atoms with E-state index in [1.165, 1.54) is 24.3 Å². The lowest BCUT2D eigenvalue weighted by atomic mass is 9.70. The number of hydrogen-bond acceptors (Lipinski definition) is 4. The van der Waals surface area contributed by atoms with E-state index in [9.17, 15) is 23.1 Å². The lowest BCUT2D eigenvalue weighted by molar-refractivity contribution is -0.274. The maximum atomic E-state index is 13.5. The van der Waals surface area contributed by atoms with Crippen molar-refractivity contribution in [3.05, 3.63) is 82.9 Å². The molecule has 2 aliphatic rings. The van der Waals surface area contributed by atoms with Gasteiger partial charge in [-0.15, -0.1) is 13.2 Å². The van der Waals surface area contributed by atoms with Crippen molar-refractivity contribution >= 4 is 11.6 Å². The molecular weight excluding hydrogens is 411 g/mol. The Morgan fingerprint density at radius 1 is 1.00 bits per heavy atom. The number of hydrogen-bond donors (Lipinski definition) is 2. The van der Waals surface area contributed by atoms with E-state index in [0.29, 0.717) is 34.7 Å². The number of carbonyl (C=O) groups excluding carboxylic acids is 1. The zero-order valence-electron chi connectivity index (χ0n) is 16.0. The van der Waals surface area contributed by atoms with Gasteiger partial charge in [0.1, 0.15) is 22.7 Å². The van der Waals surface area contributed by atoms with Crippen LogP contribution >= 0.6 is 0 Å². The molecule has 0 bridgehead atoms. The smallest absolute Gasteiger partial charge is 0.508 e. The third-order valence-corrected chi connectivity index (χ3v) is 5.65. The minimum Gasteiger partial charge on any atom is -0.508 e. The first-order valence-electron chi connectivity index (χ1n) is 9.55. The van der Waals surface area contributed by atoms with Crippen molar-refractivity contribution in [1.82, 2.24) is 0 Å². The fourth-order valence-corrected chi connectivity index (χ4v) is 4.33. The van der Waals surface area contributed by atoms with Gasteiger partial charge in [0.15, 0.2) is 0 Å². The molecule has 1 amide bonds. The second kappa shape index (κ2) is 6.66. The number of benzene rings is 3. The lowest BCUT2D eigenvalue weighted by Crippen LogP contribution is -2.37. The van der Waals surface area contributed by atoms with E-state index in [0.717, 1.165) is 18.1 Å². The van der Waals surface area contributed by atoms with E-state index >= 15 is 0 Å². The molecule has 2 aliphatic heterocycles. The molecule has 1 unspecified atom stereocenters. The maximum Gasteiger partial charge on any atom is 0.573 e. The first kappa shape index (κ1) is 19.3. The number of fused-ring (bicyclic) bond motifs is 2. The van der Waals surface area contributed by atoms with Gasteiger partial charge < -0.3 is 19.9 Å². The SMILES string of the molecule is O=C1Nc2ccc(OC(F)(F)F)cc2C1(c1ccc(O)cc1)c1ccc2c(c1)OCC2. The molecule has 2 N–H and O–H groups in total. The summed E-state index contributed by atoms with van der Waals surface area (Å²) in [5.74, 6) is -0.206. The Balaban J connectivity index is 1.77. The van der Waals surface area contributed by atoms with Crippen LogP contribution in [0.15, 0.2) is 60.7 Å². The molecule has 5 rings (SSSR count). The summed E-state index contributed by atoms with van der Waals surface area (Å²) in [5, 5.41) is 12.5. The van der Waals surface area contributed by atoms with E-state index in [1.54, 1.807) is 24.3 Å². The van der Waals surface area contributed by atoms with Crippen LogP contribution in [-0.4, -0.2) is 24.0 Å². The molecule has 8 heteroatoms. The highest BCUT2D eigenvalue weighted by Gasteiger charge is 2.50. The topological polar surface area (TPSA) is 67.8 Å².